The molecule has 2 aromatic rings. The first-order chi connectivity index (χ1) is 12.4. The maximum atomic E-state index is 14.6. The van der Waals surface area contributed by atoms with Crippen LogP contribution < -0.4 is 15.5 Å². The normalized spacial score (nSPS) is 13.6. The number of fused-ring (bicyclic) bond motifs is 1. The van der Waals surface area contributed by atoms with Crippen molar-refractivity contribution in [2.45, 2.75) is 13.5 Å². The summed E-state index contributed by atoms with van der Waals surface area (Å²) in [6.45, 7) is 7.79. The van der Waals surface area contributed by atoms with Crippen LogP contribution in [0.3, 0.4) is 0 Å². The van der Waals surface area contributed by atoms with Crippen molar-refractivity contribution in [3.8, 4) is 0 Å². The largest absolute Gasteiger partial charge is 0.367 e. The molecule has 138 valence electrons. The molecule has 3 rings (SSSR count). The van der Waals surface area contributed by atoms with Gasteiger partial charge in [0.1, 0.15) is 16.8 Å². The fourth-order valence-corrected chi connectivity index (χ4v) is 3.03. The first-order valence-electron chi connectivity index (χ1n) is 8.31. The van der Waals surface area contributed by atoms with E-state index in [9.17, 15) is 4.39 Å². The number of hydrogen-bond donors (Lipinski definition) is 2. The summed E-state index contributed by atoms with van der Waals surface area (Å²) < 4.78 is 14.6. The van der Waals surface area contributed by atoms with Crippen LogP contribution >= 0.6 is 11.6 Å². The minimum Gasteiger partial charge on any atom is -0.367 e. The summed E-state index contributed by atoms with van der Waals surface area (Å²) in [6.07, 6.45) is 0. The van der Waals surface area contributed by atoms with Crippen molar-refractivity contribution < 1.29 is 4.39 Å². The molecular weight excluding hydrogens is 355 g/mol. The monoisotopic (exact) mass is 376 g/mol. The number of nitrogens with zero attached hydrogens (tertiary/aromatic N) is 4. The Morgan fingerprint density at radius 3 is 2.85 bits per heavy atom. The number of aryl methyl sites for hydroxylation is 1. The van der Waals surface area contributed by atoms with Gasteiger partial charge in [-0.3, -0.25) is 4.90 Å². The smallest absolute Gasteiger partial charge is 0.226 e. The lowest BCUT2D eigenvalue weighted by molar-refractivity contribution is 0.425. The lowest BCUT2D eigenvalue weighted by Crippen LogP contribution is -2.35. The van der Waals surface area contributed by atoms with E-state index in [0.717, 1.165) is 12.1 Å². The second-order valence-electron chi connectivity index (χ2n) is 6.41. The molecule has 0 saturated carbocycles. The summed E-state index contributed by atoms with van der Waals surface area (Å²) in [4.78, 5) is 12.6. The lowest BCUT2D eigenvalue weighted by Gasteiger charge is -2.34. The first-order valence-corrected chi connectivity index (χ1v) is 8.69. The van der Waals surface area contributed by atoms with Crippen LogP contribution in [0.15, 0.2) is 30.6 Å². The molecule has 6 nitrogen and oxygen atoms in total. The van der Waals surface area contributed by atoms with Crippen LogP contribution in [0, 0.1) is 12.7 Å². The van der Waals surface area contributed by atoms with Crippen molar-refractivity contribution in [3.63, 3.8) is 0 Å². The molecule has 0 fully saturated rings. The molecule has 0 spiro atoms. The minimum absolute atomic E-state index is 0.335. The van der Waals surface area contributed by atoms with Crippen molar-refractivity contribution in [3.05, 3.63) is 52.7 Å². The Balaban J connectivity index is 2.04. The van der Waals surface area contributed by atoms with Gasteiger partial charge in [-0.2, -0.15) is 4.98 Å². The minimum atomic E-state index is -0.349. The van der Waals surface area contributed by atoms with Crippen molar-refractivity contribution in [1.82, 2.24) is 20.2 Å². The van der Waals surface area contributed by atoms with Gasteiger partial charge >= 0.3 is 0 Å². The fourth-order valence-electron chi connectivity index (χ4n) is 2.80. The Kier molecular flexibility index (Phi) is 5.29. The van der Waals surface area contributed by atoms with Gasteiger partial charge in [-0.25, -0.2) is 9.37 Å². The molecule has 8 heteroatoms. The van der Waals surface area contributed by atoms with Gasteiger partial charge in [0.15, 0.2) is 5.82 Å². The molecule has 26 heavy (non-hydrogen) atoms. The highest BCUT2D eigenvalue weighted by atomic mass is 35.5. The molecule has 0 radical (unpaired) electrons. The van der Waals surface area contributed by atoms with Gasteiger partial charge in [0.25, 0.3) is 0 Å². The second-order valence-corrected chi connectivity index (χ2v) is 6.77. The van der Waals surface area contributed by atoms with Crippen molar-refractivity contribution in [2.75, 3.05) is 37.4 Å². The van der Waals surface area contributed by atoms with E-state index in [1.54, 1.807) is 11.0 Å². The van der Waals surface area contributed by atoms with Gasteiger partial charge in [-0.05, 0) is 32.6 Å². The number of nitrogens with one attached hydrogen (secondary N) is 2. The molecule has 0 amide bonds. The van der Waals surface area contributed by atoms with Crippen LogP contribution in [-0.2, 0) is 6.54 Å². The SMILES string of the molecule is C=C1NCc2c(Cl)nc(NCCN(C)C)nc2N1c1c(C)cccc1F. The van der Waals surface area contributed by atoms with E-state index in [0.29, 0.717) is 47.1 Å². The number of anilines is 3. The molecule has 0 unspecified atom stereocenters. The second kappa shape index (κ2) is 7.47. The predicted molar refractivity (Wildman–Crippen MR) is 103 cm³/mol. The number of likely N-dealkylation sites (N-methyl/N-ethyl adjacent to an activating group) is 1. The maximum absolute atomic E-state index is 14.6. The summed E-state index contributed by atoms with van der Waals surface area (Å²) in [5.74, 6) is 1.14. The first kappa shape index (κ1) is 18.4. The van der Waals surface area contributed by atoms with Crippen molar-refractivity contribution >= 4 is 29.1 Å². The highest BCUT2D eigenvalue weighted by Crippen LogP contribution is 2.39. The molecule has 2 N–H and O–H groups in total. The average Bonchev–Trinajstić information content (AvgIpc) is 2.56. The molecule has 1 aliphatic heterocycles. The summed E-state index contributed by atoms with van der Waals surface area (Å²) >= 11 is 6.38. The summed E-state index contributed by atoms with van der Waals surface area (Å²) in [5.41, 5.74) is 1.89. The molecule has 1 aromatic carbocycles. The number of benzene rings is 1. The molecule has 2 heterocycles. The third-order valence-corrected chi connectivity index (χ3v) is 4.45. The van der Waals surface area contributed by atoms with Crippen molar-refractivity contribution in [1.29, 1.82) is 0 Å². The molecule has 0 aliphatic carbocycles. The number of halogens is 2. The molecule has 0 bridgehead atoms. The summed E-state index contributed by atoms with van der Waals surface area (Å²) in [5, 5.41) is 6.63. The van der Waals surface area contributed by atoms with Gasteiger partial charge < -0.3 is 15.5 Å². The number of para-hydroxylation sites is 1. The quantitative estimate of drug-likeness (QED) is 0.781. The van der Waals surface area contributed by atoms with Crippen LogP contribution in [0.1, 0.15) is 11.1 Å². The number of aromatic nitrogens is 2. The highest BCUT2D eigenvalue weighted by Gasteiger charge is 2.29. The predicted octanol–water partition coefficient (Wildman–Crippen LogP) is 3.26. The van der Waals surface area contributed by atoms with Crippen LogP contribution in [0.2, 0.25) is 5.15 Å². The topological polar surface area (TPSA) is 56.3 Å². The van der Waals surface area contributed by atoms with E-state index >= 15 is 0 Å². The lowest BCUT2D eigenvalue weighted by atomic mass is 10.1. The zero-order valence-corrected chi connectivity index (χ0v) is 15.9. The van der Waals surface area contributed by atoms with E-state index in [2.05, 4.69) is 27.2 Å². The third-order valence-electron chi connectivity index (χ3n) is 4.14. The highest BCUT2D eigenvalue weighted by molar-refractivity contribution is 6.30. The van der Waals surface area contributed by atoms with Crippen LogP contribution in [-0.4, -0.2) is 42.1 Å². The standard InChI is InChI=1S/C18H22ClFN6/c1-11-6-5-7-14(20)15(11)26-12(2)22-10-13-16(19)23-18(24-17(13)26)21-8-9-25(3)4/h5-7,22H,2,8-10H2,1,3-4H3,(H,21,23,24). The molecule has 1 aliphatic rings. The Morgan fingerprint density at radius 2 is 2.15 bits per heavy atom. The van der Waals surface area contributed by atoms with Crippen LogP contribution in [0.4, 0.5) is 21.8 Å². The average molecular weight is 377 g/mol. The maximum Gasteiger partial charge on any atom is 0.226 e. The molecular formula is C18H22ClFN6. The van der Waals surface area contributed by atoms with Gasteiger partial charge in [0, 0.05) is 19.6 Å². The third kappa shape index (κ3) is 3.59. The van der Waals surface area contributed by atoms with E-state index in [1.807, 2.05) is 32.0 Å². The Hall–Kier alpha value is -2.38. The Bertz CT molecular complexity index is 818. The van der Waals surface area contributed by atoms with Gasteiger partial charge in [-0.1, -0.05) is 30.3 Å². The van der Waals surface area contributed by atoms with E-state index in [4.69, 9.17) is 11.6 Å². The Labute approximate surface area is 157 Å². The van der Waals surface area contributed by atoms with Gasteiger partial charge in [0.2, 0.25) is 5.95 Å². The summed E-state index contributed by atoms with van der Waals surface area (Å²) in [7, 11) is 3.97. The van der Waals surface area contributed by atoms with E-state index in [-0.39, 0.29) is 5.82 Å². The van der Waals surface area contributed by atoms with Crippen LogP contribution in [0.25, 0.3) is 0 Å². The molecule has 0 atom stereocenters. The molecule has 1 aromatic heterocycles. The van der Waals surface area contributed by atoms with Gasteiger partial charge in [0.05, 0.1) is 11.3 Å². The van der Waals surface area contributed by atoms with Crippen molar-refractivity contribution in [2.24, 2.45) is 0 Å². The number of rotatable bonds is 5. The van der Waals surface area contributed by atoms with E-state index < -0.39 is 0 Å². The molecule has 0 saturated heterocycles. The van der Waals surface area contributed by atoms with Crippen LogP contribution in [0.5, 0.6) is 0 Å². The fraction of sp³-hybridized carbons (Fsp3) is 0.333. The van der Waals surface area contributed by atoms with Gasteiger partial charge in [-0.15, -0.1) is 0 Å². The number of hydrogen-bond acceptors (Lipinski definition) is 6. The zero-order chi connectivity index (χ0) is 18.8. The van der Waals surface area contributed by atoms with E-state index in [1.165, 1.54) is 6.07 Å². The Morgan fingerprint density at radius 1 is 1.38 bits per heavy atom. The summed E-state index contributed by atoms with van der Waals surface area (Å²) in [6, 6.07) is 4.94. The zero-order valence-electron chi connectivity index (χ0n) is 15.1.